The summed E-state index contributed by atoms with van der Waals surface area (Å²) in [7, 11) is -2.08. The van der Waals surface area contributed by atoms with Crippen LogP contribution in [0.4, 0.5) is 8.78 Å². The standard InChI is InChI=1S/C11H9BrF2N2O2S/c1-16-11(19(2,17)18)9(12)10(15-16)7-4-3-6(13)5-8(7)14/h3-5H,1-2H3. The Bertz CT molecular complexity index is 756. The van der Waals surface area contributed by atoms with Crippen LogP contribution in [-0.4, -0.2) is 24.5 Å². The molecule has 102 valence electrons. The molecule has 0 aliphatic heterocycles. The second-order valence-electron chi connectivity index (χ2n) is 3.99. The van der Waals surface area contributed by atoms with Crippen LogP contribution in [0.5, 0.6) is 0 Å². The van der Waals surface area contributed by atoms with Gasteiger partial charge in [-0.05, 0) is 28.1 Å². The molecule has 0 aliphatic rings. The Hall–Kier alpha value is -1.28. The average Bonchev–Trinajstić information content (AvgIpc) is 2.53. The minimum absolute atomic E-state index is 0.0266. The van der Waals surface area contributed by atoms with E-state index in [9.17, 15) is 17.2 Å². The second kappa shape index (κ2) is 4.68. The van der Waals surface area contributed by atoms with Gasteiger partial charge in [0, 0.05) is 24.9 Å². The van der Waals surface area contributed by atoms with E-state index in [1.807, 2.05) is 0 Å². The van der Waals surface area contributed by atoms with Gasteiger partial charge in [0.05, 0.1) is 4.47 Å². The third-order valence-electron chi connectivity index (χ3n) is 2.48. The van der Waals surface area contributed by atoms with Gasteiger partial charge < -0.3 is 0 Å². The van der Waals surface area contributed by atoms with E-state index in [4.69, 9.17) is 0 Å². The monoisotopic (exact) mass is 350 g/mol. The molecule has 0 radical (unpaired) electrons. The van der Waals surface area contributed by atoms with Crippen molar-refractivity contribution in [3.05, 3.63) is 34.3 Å². The number of aromatic nitrogens is 2. The van der Waals surface area contributed by atoms with Crippen LogP contribution in [-0.2, 0) is 16.9 Å². The molecule has 0 bridgehead atoms. The van der Waals surface area contributed by atoms with Crippen molar-refractivity contribution in [1.29, 1.82) is 0 Å². The predicted octanol–water partition coefficient (Wildman–Crippen LogP) is 2.53. The Kier molecular flexibility index (Phi) is 3.48. The molecule has 8 heteroatoms. The summed E-state index contributed by atoms with van der Waals surface area (Å²) in [4.78, 5) is 0. The molecule has 0 amide bonds. The SMILES string of the molecule is Cn1nc(-c2ccc(F)cc2F)c(Br)c1S(C)(=O)=O. The fraction of sp³-hybridized carbons (Fsp3) is 0.182. The lowest BCUT2D eigenvalue weighted by Crippen LogP contribution is -2.05. The zero-order valence-corrected chi connectivity index (χ0v) is 12.4. The lowest BCUT2D eigenvalue weighted by molar-refractivity contribution is 0.581. The third kappa shape index (κ3) is 2.55. The molecule has 0 N–H and O–H groups in total. The van der Waals surface area contributed by atoms with Gasteiger partial charge >= 0.3 is 0 Å². The molecule has 4 nitrogen and oxygen atoms in total. The van der Waals surface area contributed by atoms with Gasteiger partial charge in [-0.1, -0.05) is 0 Å². The Balaban J connectivity index is 2.72. The highest BCUT2D eigenvalue weighted by Crippen LogP contribution is 2.34. The number of nitrogens with zero attached hydrogens (tertiary/aromatic N) is 2. The largest absolute Gasteiger partial charge is 0.256 e. The maximum Gasteiger partial charge on any atom is 0.193 e. The minimum Gasteiger partial charge on any atom is -0.256 e. The first-order valence-corrected chi connectivity index (χ1v) is 7.78. The molecular formula is C11H9BrF2N2O2S. The topological polar surface area (TPSA) is 52.0 Å². The molecule has 1 aromatic heterocycles. The van der Waals surface area contributed by atoms with Crippen molar-refractivity contribution in [2.75, 3.05) is 6.26 Å². The molecule has 0 aliphatic carbocycles. The zero-order valence-electron chi connectivity index (χ0n) is 9.99. The van der Waals surface area contributed by atoms with Crippen molar-refractivity contribution < 1.29 is 17.2 Å². The highest BCUT2D eigenvalue weighted by molar-refractivity contribution is 9.10. The number of sulfone groups is 1. The molecule has 0 unspecified atom stereocenters. The van der Waals surface area contributed by atoms with Crippen molar-refractivity contribution in [3.63, 3.8) is 0 Å². The number of hydrogen-bond donors (Lipinski definition) is 0. The van der Waals surface area contributed by atoms with Crippen molar-refractivity contribution in [2.24, 2.45) is 7.05 Å². The number of rotatable bonds is 2. The van der Waals surface area contributed by atoms with Gasteiger partial charge in [-0.25, -0.2) is 17.2 Å². The summed E-state index contributed by atoms with van der Waals surface area (Å²) >= 11 is 3.10. The van der Waals surface area contributed by atoms with Gasteiger partial charge in [0.2, 0.25) is 0 Å². The molecule has 0 atom stereocenters. The van der Waals surface area contributed by atoms with Crippen molar-refractivity contribution in [2.45, 2.75) is 5.03 Å². The maximum absolute atomic E-state index is 13.7. The van der Waals surface area contributed by atoms with E-state index < -0.39 is 21.5 Å². The lowest BCUT2D eigenvalue weighted by Gasteiger charge is -2.00. The van der Waals surface area contributed by atoms with Crippen LogP contribution < -0.4 is 0 Å². The van der Waals surface area contributed by atoms with Crippen molar-refractivity contribution >= 4 is 25.8 Å². The fourth-order valence-electron chi connectivity index (χ4n) is 1.74. The molecule has 0 saturated heterocycles. The van der Waals surface area contributed by atoms with Gasteiger partial charge in [0.15, 0.2) is 14.9 Å². The van der Waals surface area contributed by atoms with E-state index in [0.717, 1.165) is 23.1 Å². The summed E-state index contributed by atoms with van der Waals surface area (Å²) in [6.07, 6.45) is 1.03. The van der Waals surface area contributed by atoms with Gasteiger partial charge in [0.25, 0.3) is 0 Å². The van der Waals surface area contributed by atoms with Gasteiger partial charge in [-0.3, -0.25) is 4.68 Å². The lowest BCUT2D eigenvalue weighted by atomic mass is 10.1. The van der Waals surface area contributed by atoms with E-state index in [2.05, 4.69) is 21.0 Å². The van der Waals surface area contributed by atoms with Gasteiger partial charge in [-0.2, -0.15) is 5.10 Å². The summed E-state index contributed by atoms with van der Waals surface area (Å²) < 4.78 is 51.1. The van der Waals surface area contributed by atoms with E-state index in [-0.39, 0.29) is 20.8 Å². The highest BCUT2D eigenvalue weighted by Gasteiger charge is 2.24. The Morgan fingerprint density at radius 1 is 1.32 bits per heavy atom. The Morgan fingerprint density at radius 3 is 2.42 bits per heavy atom. The molecular weight excluding hydrogens is 342 g/mol. The molecule has 19 heavy (non-hydrogen) atoms. The molecule has 1 heterocycles. The molecule has 2 rings (SSSR count). The molecule has 2 aromatic rings. The number of benzene rings is 1. The Morgan fingerprint density at radius 2 is 1.95 bits per heavy atom. The van der Waals surface area contributed by atoms with E-state index in [0.29, 0.717) is 0 Å². The molecule has 1 aromatic carbocycles. The zero-order chi connectivity index (χ0) is 14.4. The van der Waals surface area contributed by atoms with Gasteiger partial charge in [-0.15, -0.1) is 0 Å². The van der Waals surface area contributed by atoms with Crippen molar-refractivity contribution in [3.8, 4) is 11.3 Å². The first-order chi connectivity index (χ1) is 8.71. The molecule has 0 fully saturated rings. The van der Waals surface area contributed by atoms with Crippen LogP contribution >= 0.6 is 15.9 Å². The van der Waals surface area contributed by atoms with Crippen LogP contribution in [0.1, 0.15) is 0 Å². The van der Waals surface area contributed by atoms with E-state index >= 15 is 0 Å². The number of aryl methyl sites for hydroxylation is 1. The maximum atomic E-state index is 13.7. The summed E-state index contributed by atoms with van der Waals surface area (Å²) in [5.41, 5.74) is 0.138. The number of hydrogen-bond acceptors (Lipinski definition) is 3. The number of halogens is 3. The normalized spacial score (nSPS) is 11.8. The van der Waals surface area contributed by atoms with Crippen LogP contribution in [0, 0.1) is 11.6 Å². The predicted molar refractivity (Wildman–Crippen MR) is 69.4 cm³/mol. The average molecular weight is 351 g/mol. The highest BCUT2D eigenvalue weighted by atomic mass is 79.9. The summed E-state index contributed by atoms with van der Waals surface area (Å²) in [6, 6.07) is 3.01. The van der Waals surface area contributed by atoms with E-state index in [1.54, 1.807) is 0 Å². The minimum atomic E-state index is -3.52. The third-order valence-corrected chi connectivity index (χ3v) is 4.66. The van der Waals surface area contributed by atoms with E-state index in [1.165, 1.54) is 13.1 Å². The summed E-state index contributed by atoms with van der Waals surface area (Å²) in [5.74, 6) is -1.52. The van der Waals surface area contributed by atoms with Crippen LogP contribution in [0.15, 0.2) is 27.7 Å². The summed E-state index contributed by atoms with van der Waals surface area (Å²) in [6.45, 7) is 0. The Labute approximate surface area is 117 Å². The first-order valence-electron chi connectivity index (χ1n) is 5.10. The van der Waals surface area contributed by atoms with Crippen molar-refractivity contribution in [1.82, 2.24) is 9.78 Å². The van der Waals surface area contributed by atoms with Gasteiger partial charge in [0.1, 0.15) is 17.3 Å². The summed E-state index contributed by atoms with van der Waals surface area (Å²) in [5, 5.41) is 3.90. The van der Waals surface area contributed by atoms with Crippen LogP contribution in [0.25, 0.3) is 11.3 Å². The smallest absolute Gasteiger partial charge is 0.193 e. The molecule has 0 saturated carbocycles. The van der Waals surface area contributed by atoms with Crippen LogP contribution in [0.3, 0.4) is 0 Å². The second-order valence-corrected chi connectivity index (χ2v) is 6.71. The fourth-order valence-corrected chi connectivity index (χ4v) is 4.11. The molecule has 0 spiro atoms. The van der Waals surface area contributed by atoms with Crippen LogP contribution in [0.2, 0.25) is 0 Å². The first kappa shape index (κ1) is 14.1. The quantitative estimate of drug-likeness (QED) is 0.836.